The fourth-order valence-corrected chi connectivity index (χ4v) is 1.81. The molecule has 1 amide bonds. The lowest BCUT2D eigenvalue weighted by molar-refractivity contribution is -0.115. The number of hydrogen-bond acceptors (Lipinski definition) is 2. The quantitative estimate of drug-likeness (QED) is 0.846. The Bertz CT molecular complexity index is 549. The first-order valence-corrected chi connectivity index (χ1v) is 5.64. The molecule has 2 aromatic rings. The summed E-state index contributed by atoms with van der Waals surface area (Å²) in [7, 11) is 1.75. The van der Waals surface area contributed by atoms with Crippen molar-refractivity contribution in [1.29, 1.82) is 0 Å². The highest BCUT2D eigenvalue weighted by Gasteiger charge is 2.01. The van der Waals surface area contributed by atoms with E-state index in [0.717, 1.165) is 11.1 Å². The van der Waals surface area contributed by atoms with Gasteiger partial charge in [-0.15, -0.1) is 0 Å². The van der Waals surface area contributed by atoms with Gasteiger partial charge in [-0.25, -0.2) is 0 Å². The minimum absolute atomic E-state index is 0.0287. The molecule has 17 heavy (non-hydrogen) atoms. The summed E-state index contributed by atoms with van der Waals surface area (Å²) < 4.78 is 0. The summed E-state index contributed by atoms with van der Waals surface area (Å²) in [4.78, 5) is 11.4. The lowest BCUT2D eigenvalue weighted by atomic mass is 10.1. The zero-order valence-corrected chi connectivity index (χ0v) is 10.1. The van der Waals surface area contributed by atoms with Crippen molar-refractivity contribution in [3.63, 3.8) is 0 Å². The standard InChI is InChI=1S/C14H16N2O/c1-10-3-4-12-8-13(6-5-11(12)7-10)16-14(17)9-15-2/h3-8,15H,9H2,1-2H3,(H,16,17). The van der Waals surface area contributed by atoms with Gasteiger partial charge >= 0.3 is 0 Å². The molecule has 2 rings (SSSR count). The van der Waals surface area contributed by atoms with E-state index in [2.05, 4.69) is 35.8 Å². The second kappa shape index (κ2) is 4.97. The third kappa shape index (κ3) is 2.82. The van der Waals surface area contributed by atoms with E-state index < -0.39 is 0 Å². The van der Waals surface area contributed by atoms with Gasteiger partial charge in [0.2, 0.25) is 5.91 Å². The van der Waals surface area contributed by atoms with Crippen molar-refractivity contribution in [1.82, 2.24) is 5.32 Å². The van der Waals surface area contributed by atoms with Crippen molar-refractivity contribution < 1.29 is 4.79 Å². The van der Waals surface area contributed by atoms with E-state index in [1.54, 1.807) is 7.05 Å². The monoisotopic (exact) mass is 228 g/mol. The van der Waals surface area contributed by atoms with Crippen LogP contribution in [0.15, 0.2) is 36.4 Å². The summed E-state index contributed by atoms with van der Waals surface area (Å²) >= 11 is 0. The normalized spacial score (nSPS) is 10.5. The Morgan fingerprint density at radius 3 is 2.59 bits per heavy atom. The molecule has 0 spiro atoms. The maximum Gasteiger partial charge on any atom is 0.238 e. The molecule has 0 radical (unpaired) electrons. The molecule has 3 heteroatoms. The smallest absolute Gasteiger partial charge is 0.238 e. The second-order valence-electron chi connectivity index (χ2n) is 4.14. The number of amides is 1. The van der Waals surface area contributed by atoms with Gasteiger partial charge in [0.1, 0.15) is 0 Å². The number of carbonyl (C=O) groups excluding carboxylic acids is 1. The summed E-state index contributed by atoms with van der Waals surface area (Å²) in [6.45, 7) is 2.40. The van der Waals surface area contributed by atoms with Gasteiger partial charge in [0, 0.05) is 5.69 Å². The first-order valence-electron chi connectivity index (χ1n) is 5.64. The van der Waals surface area contributed by atoms with Gasteiger partial charge < -0.3 is 10.6 Å². The third-order valence-electron chi connectivity index (χ3n) is 2.62. The number of rotatable bonds is 3. The molecule has 0 bridgehead atoms. The molecular weight excluding hydrogens is 212 g/mol. The Labute approximate surface area is 101 Å². The molecule has 0 aliphatic heterocycles. The van der Waals surface area contributed by atoms with Gasteiger partial charge in [0.15, 0.2) is 0 Å². The zero-order valence-electron chi connectivity index (χ0n) is 10.1. The minimum Gasteiger partial charge on any atom is -0.325 e. The Balaban J connectivity index is 2.26. The van der Waals surface area contributed by atoms with Crippen molar-refractivity contribution in [2.24, 2.45) is 0 Å². The topological polar surface area (TPSA) is 41.1 Å². The first kappa shape index (κ1) is 11.6. The summed E-state index contributed by atoms with van der Waals surface area (Å²) in [5, 5.41) is 8.00. The SMILES string of the molecule is CNCC(=O)Nc1ccc2cc(C)ccc2c1. The Morgan fingerprint density at radius 1 is 1.12 bits per heavy atom. The molecule has 0 unspecified atom stereocenters. The number of aryl methyl sites for hydroxylation is 1. The Morgan fingerprint density at radius 2 is 1.82 bits per heavy atom. The van der Waals surface area contributed by atoms with Gasteiger partial charge in [-0.3, -0.25) is 4.79 Å². The van der Waals surface area contributed by atoms with Crippen molar-refractivity contribution in [3.8, 4) is 0 Å². The molecule has 0 fully saturated rings. The van der Waals surface area contributed by atoms with Crippen LogP contribution in [0, 0.1) is 6.92 Å². The predicted octanol–water partition coefficient (Wildman–Crippen LogP) is 2.31. The molecule has 0 saturated carbocycles. The van der Waals surface area contributed by atoms with Crippen LogP contribution in [0.4, 0.5) is 5.69 Å². The van der Waals surface area contributed by atoms with E-state index in [1.807, 2.05) is 18.2 Å². The molecule has 0 saturated heterocycles. The van der Waals surface area contributed by atoms with Crippen LogP contribution >= 0.6 is 0 Å². The zero-order chi connectivity index (χ0) is 12.3. The average molecular weight is 228 g/mol. The highest BCUT2D eigenvalue weighted by atomic mass is 16.1. The maximum absolute atomic E-state index is 11.4. The lowest BCUT2D eigenvalue weighted by Crippen LogP contribution is -2.24. The van der Waals surface area contributed by atoms with Crippen LogP contribution < -0.4 is 10.6 Å². The van der Waals surface area contributed by atoms with Crippen LogP contribution in [0.1, 0.15) is 5.56 Å². The molecule has 88 valence electrons. The predicted molar refractivity (Wildman–Crippen MR) is 71.2 cm³/mol. The number of carbonyl (C=O) groups is 1. The highest BCUT2D eigenvalue weighted by molar-refractivity contribution is 5.95. The molecule has 0 aromatic heterocycles. The van der Waals surface area contributed by atoms with Gasteiger partial charge in [-0.1, -0.05) is 29.8 Å². The first-order chi connectivity index (χ1) is 8.19. The van der Waals surface area contributed by atoms with E-state index in [-0.39, 0.29) is 5.91 Å². The Hall–Kier alpha value is -1.87. The largest absolute Gasteiger partial charge is 0.325 e. The molecule has 2 aromatic carbocycles. The number of benzene rings is 2. The molecule has 2 N–H and O–H groups in total. The van der Waals surface area contributed by atoms with Crippen LogP contribution in [0.5, 0.6) is 0 Å². The van der Waals surface area contributed by atoms with Crippen molar-refractivity contribution in [2.75, 3.05) is 18.9 Å². The summed E-state index contributed by atoms with van der Waals surface area (Å²) in [5.74, 6) is -0.0287. The van der Waals surface area contributed by atoms with Crippen molar-refractivity contribution in [2.45, 2.75) is 6.92 Å². The van der Waals surface area contributed by atoms with Gasteiger partial charge in [-0.05, 0) is 36.9 Å². The molecule has 0 aliphatic carbocycles. The van der Waals surface area contributed by atoms with E-state index >= 15 is 0 Å². The number of fused-ring (bicyclic) bond motifs is 1. The van der Waals surface area contributed by atoms with Crippen LogP contribution in [0.2, 0.25) is 0 Å². The van der Waals surface area contributed by atoms with Gasteiger partial charge in [0.25, 0.3) is 0 Å². The molecule has 0 aliphatic rings. The van der Waals surface area contributed by atoms with Crippen LogP contribution in [0.25, 0.3) is 10.8 Å². The number of hydrogen-bond donors (Lipinski definition) is 2. The summed E-state index contributed by atoms with van der Waals surface area (Å²) in [6.07, 6.45) is 0. The van der Waals surface area contributed by atoms with Gasteiger partial charge in [0.05, 0.1) is 6.54 Å². The average Bonchev–Trinajstić information content (AvgIpc) is 2.29. The number of anilines is 1. The third-order valence-corrected chi connectivity index (χ3v) is 2.62. The molecule has 0 heterocycles. The van der Waals surface area contributed by atoms with Crippen molar-refractivity contribution >= 4 is 22.4 Å². The Kier molecular flexibility index (Phi) is 3.40. The van der Waals surface area contributed by atoms with Crippen LogP contribution in [-0.2, 0) is 4.79 Å². The number of likely N-dealkylation sites (N-methyl/N-ethyl adjacent to an activating group) is 1. The van der Waals surface area contributed by atoms with E-state index in [4.69, 9.17) is 0 Å². The van der Waals surface area contributed by atoms with Crippen molar-refractivity contribution in [3.05, 3.63) is 42.0 Å². The van der Waals surface area contributed by atoms with E-state index in [0.29, 0.717) is 6.54 Å². The minimum atomic E-state index is -0.0287. The van der Waals surface area contributed by atoms with Crippen LogP contribution in [-0.4, -0.2) is 19.5 Å². The number of nitrogens with one attached hydrogen (secondary N) is 2. The fraction of sp³-hybridized carbons (Fsp3) is 0.214. The van der Waals surface area contributed by atoms with Crippen LogP contribution in [0.3, 0.4) is 0 Å². The summed E-state index contributed by atoms with van der Waals surface area (Å²) in [6, 6.07) is 12.2. The molecular formula is C14H16N2O. The lowest BCUT2D eigenvalue weighted by Gasteiger charge is -2.06. The highest BCUT2D eigenvalue weighted by Crippen LogP contribution is 2.20. The van der Waals surface area contributed by atoms with Gasteiger partial charge in [-0.2, -0.15) is 0 Å². The molecule has 3 nitrogen and oxygen atoms in total. The molecule has 0 atom stereocenters. The van der Waals surface area contributed by atoms with E-state index in [9.17, 15) is 4.79 Å². The van der Waals surface area contributed by atoms with E-state index in [1.165, 1.54) is 10.9 Å². The fourth-order valence-electron chi connectivity index (χ4n) is 1.81. The second-order valence-corrected chi connectivity index (χ2v) is 4.14. The summed E-state index contributed by atoms with van der Waals surface area (Å²) in [5.41, 5.74) is 2.08. The maximum atomic E-state index is 11.4.